The van der Waals surface area contributed by atoms with Gasteiger partial charge in [-0.2, -0.15) is 4.31 Å². The van der Waals surface area contributed by atoms with Crippen molar-refractivity contribution < 1.29 is 8.42 Å². The van der Waals surface area contributed by atoms with E-state index in [2.05, 4.69) is 70.0 Å². The smallest absolute Gasteiger partial charge is 0.243 e. The van der Waals surface area contributed by atoms with Crippen molar-refractivity contribution in [3.63, 3.8) is 0 Å². The standard InChI is InChI=1S/C32H39N5O2S/c1-22-10-9-11-23(2)29(22)34-31-27-12-7-8-13-28(27)33-30(35-31)24(3)36-18-20-37(21-19-36)40(38,39)26-16-14-25(15-17-26)32(4,5)6/h7-17,24H,18-21H2,1-6H3,(H,33,34,35)/t24-/m0/s1. The third kappa shape index (κ3) is 5.61. The highest BCUT2D eigenvalue weighted by Gasteiger charge is 2.31. The Hall–Kier alpha value is -3.33. The molecule has 0 aliphatic carbocycles. The molecule has 0 spiro atoms. The summed E-state index contributed by atoms with van der Waals surface area (Å²) < 4.78 is 28.4. The van der Waals surface area contributed by atoms with Gasteiger partial charge in [0.25, 0.3) is 0 Å². The van der Waals surface area contributed by atoms with E-state index in [9.17, 15) is 8.42 Å². The normalized spacial score (nSPS) is 16.2. The fourth-order valence-electron chi connectivity index (χ4n) is 5.28. The number of rotatable bonds is 6. The molecule has 0 saturated carbocycles. The Labute approximate surface area is 238 Å². The van der Waals surface area contributed by atoms with Crippen LogP contribution in [-0.2, 0) is 15.4 Å². The monoisotopic (exact) mass is 557 g/mol. The SMILES string of the molecule is Cc1cccc(C)c1Nc1nc([C@H](C)N2CCN(S(=O)(=O)c3ccc(C(C)(C)C)cc3)CC2)nc2ccccc12. The fourth-order valence-corrected chi connectivity index (χ4v) is 6.70. The van der Waals surface area contributed by atoms with Crippen LogP contribution in [0.3, 0.4) is 0 Å². The van der Waals surface area contributed by atoms with Crippen LogP contribution in [0.2, 0.25) is 0 Å². The number of sulfonamides is 1. The lowest BCUT2D eigenvalue weighted by Gasteiger charge is -2.37. The minimum atomic E-state index is -3.55. The van der Waals surface area contributed by atoms with Crippen molar-refractivity contribution in [3.05, 3.63) is 89.2 Å². The van der Waals surface area contributed by atoms with Crippen LogP contribution in [0.4, 0.5) is 11.5 Å². The van der Waals surface area contributed by atoms with Gasteiger partial charge in [0.2, 0.25) is 10.0 Å². The number of hydrogen-bond acceptors (Lipinski definition) is 6. The van der Waals surface area contributed by atoms with Gasteiger partial charge in [0.1, 0.15) is 11.6 Å². The molecule has 7 nitrogen and oxygen atoms in total. The molecule has 0 bridgehead atoms. The lowest BCUT2D eigenvalue weighted by molar-refractivity contribution is 0.141. The molecule has 5 rings (SSSR count). The van der Waals surface area contributed by atoms with Gasteiger partial charge in [-0.05, 0) is 67.1 Å². The van der Waals surface area contributed by atoms with Crippen molar-refractivity contribution in [2.45, 2.75) is 57.9 Å². The van der Waals surface area contributed by atoms with Crippen molar-refractivity contribution >= 4 is 32.4 Å². The number of anilines is 2. The van der Waals surface area contributed by atoms with E-state index in [0.29, 0.717) is 31.1 Å². The second kappa shape index (κ2) is 10.9. The second-order valence-electron chi connectivity index (χ2n) is 11.7. The summed E-state index contributed by atoms with van der Waals surface area (Å²) in [5.41, 5.74) is 5.34. The number of aromatic nitrogens is 2. The van der Waals surface area contributed by atoms with Crippen LogP contribution in [0, 0.1) is 13.8 Å². The molecule has 1 aliphatic heterocycles. The van der Waals surface area contributed by atoms with E-state index in [1.54, 1.807) is 16.4 Å². The zero-order valence-electron chi connectivity index (χ0n) is 24.3. The molecule has 40 heavy (non-hydrogen) atoms. The largest absolute Gasteiger partial charge is 0.339 e. The fraction of sp³-hybridized carbons (Fsp3) is 0.375. The Morgan fingerprint density at radius 3 is 2.08 bits per heavy atom. The molecule has 0 amide bonds. The predicted molar refractivity (Wildman–Crippen MR) is 163 cm³/mol. The van der Waals surface area contributed by atoms with Crippen LogP contribution in [0.15, 0.2) is 71.6 Å². The maximum Gasteiger partial charge on any atom is 0.243 e. The molecule has 1 saturated heterocycles. The van der Waals surface area contributed by atoms with Crippen molar-refractivity contribution in [1.82, 2.24) is 19.2 Å². The van der Waals surface area contributed by atoms with Gasteiger partial charge in [0.15, 0.2) is 0 Å². The van der Waals surface area contributed by atoms with Gasteiger partial charge in [0.05, 0.1) is 16.5 Å². The highest BCUT2D eigenvalue weighted by atomic mass is 32.2. The number of fused-ring (bicyclic) bond motifs is 1. The minimum Gasteiger partial charge on any atom is -0.339 e. The number of piperazine rings is 1. The Morgan fingerprint density at radius 2 is 1.45 bits per heavy atom. The van der Waals surface area contributed by atoms with Crippen LogP contribution in [-0.4, -0.2) is 53.8 Å². The van der Waals surface area contributed by atoms with Gasteiger partial charge in [0, 0.05) is 37.3 Å². The molecular formula is C32H39N5O2S. The molecule has 4 aromatic rings. The lowest BCUT2D eigenvalue weighted by Crippen LogP contribution is -2.49. The predicted octanol–water partition coefficient (Wildman–Crippen LogP) is 6.36. The molecule has 1 N–H and O–H groups in total. The lowest BCUT2D eigenvalue weighted by atomic mass is 9.87. The molecule has 2 heterocycles. The summed E-state index contributed by atoms with van der Waals surface area (Å²) in [5.74, 6) is 1.51. The zero-order valence-corrected chi connectivity index (χ0v) is 25.1. The minimum absolute atomic E-state index is 0.0248. The van der Waals surface area contributed by atoms with Crippen molar-refractivity contribution in [2.75, 3.05) is 31.5 Å². The number of benzene rings is 3. The average molecular weight is 558 g/mol. The zero-order chi connectivity index (χ0) is 28.7. The maximum absolute atomic E-state index is 13.4. The molecule has 1 atom stereocenters. The summed E-state index contributed by atoms with van der Waals surface area (Å²) in [6.45, 7) is 14.7. The Bertz CT molecular complexity index is 1600. The molecule has 1 aromatic heterocycles. The van der Waals surface area contributed by atoms with E-state index in [1.165, 1.54) is 0 Å². The first-order chi connectivity index (χ1) is 18.9. The van der Waals surface area contributed by atoms with Gasteiger partial charge in [-0.1, -0.05) is 63.2 Å². The third-order valence-corrected chi connectivity index (χ3v) is 9.81. The van der Waals surface area contributed by atoms with E-state index in [1.807, 2.05) is 36.4 Å². The first kappa shape index (κ1) is 28.2. The van der Waals surface area contributed by atoms with Crippen molar-refractivity contribution in [3.8, 4) is 0 Å². The van der Waals surface area contributed by atoms with Gasteiger partial charge in [-0.3, -0.25) is 4.90 Å². The van der Waals surface area contributed by atoms with Gasteiger partial charge in [-0.25, -0.2) is 18.4 Å². The molecular weight excluding hydrogens is 518 g/mol. The summed E-state index contributed by atoms with van der Waals surface area (Å²) in [7, 11) is -3.55. The van der Waals surface area contributed by atoms with E-state index >= 15 is 0 Å². The summed E-state index contributed by atoms with van der Waals surface area (Å²) >= 11 is 0. The summed E-state index contributed by atoms with van der Waals surface area (Å²) in [6.07, 6.45) is 0. The summed E-state index contributed by atoms with van der Waals surface area (Å²) in [4.78, 5) is 12.5. The van der Waals surface area contributed by atoms with Crippen LogP contribution >= 0.6 is 0 Å². The van der Waals surface area contributed by atoms with Crippen LogP contribution in [0.5, 0.6) is 0 Å². The van der Waals surface area contributed by atoms with Crippen molar-refractivity contribution in [2.24, 2.45) is 0 Å². The quantitative estimate of drug-likeness (QED) is 0.297. The topological polar surface area (TPSA) is 78.4 Å². The van der Waals surface area contributed by atoms with Gasteiger partial charge < -0.3 is 5.32 Å². The summed E-state index contributed by atoms with van der Waals surface area (Å²) in [6, 6.07) is 21.5. The maximum atomic E-state index is 13.4. The molecule has 0 radical (unpaired) electrons. The van der Waals surface area contributed by atoms with Crippen LogP contribution in [0.25, 0.3) is 10.9 Å². The Kier molecular flexibility index (Phi) is 7.70. The first-order valence-electron chi connectivity index (χ1n) is 13.9. The average Bonchev–Trinajstić information content (AvgIpc) is 2.94. The highest BCUT2D eigenvalue weighted by Crippen LogP contribution is 2.31. The first-order valence-corrected chi connectivity index (χ1v) is 15.3. The Balaban J connectivity index is 1.35. The van der Waals surface area contributed by atoms with E-state index in [4.69, 9.17) is 9.97 Å². The van der Waals surface area contributed by atoms with E-state index < -0.39 is 10.0 Å². The number of para-hydroxylation sites is 2. The van der Waals surface area contributed by atoms with Gasteiger partial charge >= 0.3 is 0 Å². The summed E-state index contributed by atoms with van der Waals surface area (Å²) in [5, 5.41) is 4.55. The number of nitrogens with one attached hydrogen (secondary N) is 1. The number of hydrogen-bond donors (Lipinski definition) is 1. The molecule has 1 fully saturated rings. The molecule has 3 aromatic carbocycles. The van der Waals surface area contributed by atoms with E-state index in [0.717, 1.165) is 44.9 Å². The third-order valence-electron chi connectivity index (χ3n) is 7.90. The van der Waals surface area contributed by atoms with Gasteiger partial charge in [-0.15, -0.1) is 0 Å². The van der Waals surface area contributed by atoms with Crippen LogP contribution in [0.1, 0.15) is 56.3 Å². The van der Waals surface area contributed by atoms with Crippen molar-refractivity contribution in [1.29, 1.82) is 0 Å². The van der Waals surface area contributed by atoms with E-state index in [-0.39, 0.29) is 11.5 Å². The van der Waals surface area contributed by atoms with Crippen LogP contribution < -0.4 is 5.32 Å². The molecule has 210 valence electrons. The highest BCUT2D eigenvalue weighted by molar-refractivity contribution is 7.89. The Morgan fingerprint density at radius 1 is 0.825 bits per heavy atom. The molecule has 0 unspecified atom stereocenters. The molecule has 8 heteroatoms. The second-order valence-corrected chi connectivity index (χ2v) is 13.7. The number of aryl methyl sites for hydroxylation is 2. The molecule has 1 aliphatic rings. The number of nitrogens with zero attached hydrogens (tertiary/aromatic N) is 4.